The van der Waals surface area contributed by atoms with Crippen LogP contribution in [0, 0.1) is 0 Å². The Balaban J connectivity index is 1.57. The maximum atomic E-state index is 12.2. The summed E-state index contributed by atoms with van der Waals surface area (Å²) in [6, 6.07) is 7.88. The van der Waals surface area contributed by atoms with Crippen LogP contribution < -0.4 is 20.3 Å². The lowest BCUT2D eigenvalue weighted by atomic mass is 10.00. The van der Waals surface area contributed by atoms with Crippen LogP contribution in [0.3, 0.4) is 0 Å². The number of ether oxygens (including phenoxy) is 1. The Kier molecular flexibility index (Phi) is 4.81. The number of amides is 2. The highest BCUT2D eigenvalue weighted by molar-refractivity contribution is 5.98. The van der Waals surface area contributed by atoms with Gasteiger partial charge < -0.3 is 20.3 Å². The lowest BCUT2D eigenvalue weighted by Gasteiger charge is -2.32. The quantitative estimate of drug-likeness (QED) is 0.871. The maximum absolute atomic E-state index is 12.2. The van der Waals surface area contributed by atoms with Crippen molar-refractivity contribution in [2.24, 2.45) is 0 Å². The molecule has 2 aliphatic rings. The summed E-state index contributed by atoms with van der Waals surface area (Å²) >= 11 is 0. The third-order valence-electron chi connectivity index (χ3n) is 4.48. The number of carbonyl (C=O) groups is 2. The number of nitrogens with zero attached hydrogens (tertiary/aromatic N) is 1. The number of rotatable bonds is 4. The molecule has 0 aromatic heterocycles. The summed E-state index contributed by atoms with van der Waals surface area (Å²) in [5.74, 6) is 0.573. The van der Waals surface area contributed by atoms with Crippen LogP contribution in [0.1, 0.15) is 26.2 Å². The number of carbonyl (C=O) groups excluding carboxylic acids is 2. The van der Waals surface area contributed by atoms with E-state index in [1.165, 1.54) is 0 Å². The second-order valence-electron chi connectivity index (χ2n) is 6.11. The van der Waals surface area contributed by atoms with Gasteiger partial charge in [0, 0.05) is 25.0 Å². The number of fused-ring (bicyclic) bond motifs is 1. The number of nitrogens with one attached hydrogen (secondary N) is 2. The zero-order chi connectivity index (χ0) is 16.2. The Bertz CT molecular complexity index is 590. The van der Waals surface area contributed by atoms with E-state index in [0.717, 1.165) is 25.1 Å². The van der Waals surface area contributed by atoms with Crippen molar-refractivity contribution >= 4 is 17.5 Å². The molecule has 2 N–H and O–H groups in total. The molecule has 0 bridgehead atoms. The molecule has 124 valence electrons. The second kappa shape index (κ2) is 7.00. The van der Waals surface area contributed by atoms with Crippen molar-refractivity contribution in [3.8, 4) is 5.75 Å². The lowest BCUT2D eigenvalue weighted by Crippen LogP contribution is -2.52. The first-order valence-corrected chi connectivity index (χ1v) is 8.20. The van der Waals surface area contributed by atoms with Gasteiger partial charge in [0.1, 0.15) is 5.75 Å². The van der Waals surface area contributed by atoms with Gasteiger partial charge in [-0.3, -0.25) is 9.59 Å². The van der Waals surface area contributed by atoms with E-state index in [0.29, 0.717) is 24.8 Å². The monoisotopic (exact) mass is 317 g/mol. The number of hydrogen-bond donors (Lipinski definition) is 2. The summed E-state index contributed by atoms with van der Waals surface area (Å²) in [5, 5.41) is 6.44. The van der Waals surface area contributed by atoms with Gasteiger partial charge in [-0.15, -0.1) is 0 Å². The van der Waals surface area contributed by atoms with E-state index in [2.05, 4.69) is 17.6 Å². The molecule has 0 aliphatic carbocycles. The largest absolute Gasteiger partial charge is 0.482 e. The van der Waals surface area contributed by atoms with Gasteiger partial charge in [-0.1, -0.05) is 12.1 Å². The summed E-state index contributed by atoms with van der Waals surface area (Å²) in [5.41, 5.74) is 0.740. The van der Waals surface area contributed by atoms with Crippen LogP contribution in [-0.2, 0) is 9.59 Å². The highest BCUT2D eigenvalue weighted by atomic mass is 16.5. The first-order chi connectivity index (χ1) is 11.1. The van der Waals surface area contributed by atoms with Crippen LogP contribution in [0.5, 0.6) is 5.75 Å². The highest BCUT2D eigenvalue weighted by Gasteiger charge is 2.26. The smallest absolute Gasteiger partial charge is 0.265 e. The third-order valence-corrected chi connectivity index (χ3v) is 4.48. The second-order valence-corrected chi connectivity index (χ2v) is 6.11. The first-order valence-electron chi connectivity index (χ1n) is 8.20. The van der Waals surface area contributed by atoms with Crippen molar-refractivity contribution in [2.75, 3.05) is 24.6 Å². The normalized spacial score (nSPS) is 23.9. The van der Waals surface area contributed by atoms with Crippen LogP contribution >= 0.6 is 0 Å². The van der Waals surface area contributed by atoms with Gasteiger partial charge in [0.15, 0.2) is 6.61 Å². The molecular weight excluding hydrogens is 294 g/mol. The third kappa shape index (κ3) is 3.64. The number of para-hydroxylation sites is 2. The highest BCUT2D eigenvalue weighted by Crippen LogP contribution is 2.31. The van der Waals surface area contributed by atoms with Crippen molar-refractivity contribution in [1.29, 1.82) is 0 Å². The van der Waals surface area contributed by atoms with Crippen LogP contribution in [0.2, 0.25) is 0 Å². The van der Waals surface area contributed by atoms with Crippen molar-refractivity contribution in [3.63, 3.8) is 0 Å². The summed E-state index contributed by atoms with van der Waals surface area (Å²) in [6.45, 7) is 3.50. The number of hydrogen-bond acceptors (Lipinski definition) is 4. The van der Waals surface area contributed by atoms with Gasteiger partial charge in [0.05, 0.1) is 5.69 Å². The molecule has 6 nitrogen and oxygen atoms in total. The molecule has 2 heterocycles. The van der Waals surface area contributed by atoms with E-state index in [-0.39, 0.29) is 24.5 Å². The average molecular weight is 317 g/mol. The SMILES string of the molecule is CC1NCCCC1NC(=O)CCN1C(=O)COc2ccccc21. The predicted octanol–water partition coefficient (Wildman–Crippen LogP) is 1.06. The summed E-state index contributed by atoms with van der Waals surface area (Å²) in [6.07, 6.45) is 2.37. The number of anilines is 1. The predicted molar refractivity (Wildman–Crippen MR) is 87.5 cm³/mol. The molecule has 2 atom stereocenters. The Labute approximate surface area is 136 Å². The number of piperidine rings is 1. The standard InChI is InChI=1S/C17H23N3O3/c1-12-13(5-4-9-18-12)19-16(21)8-10-20-14-6-2-3-7-15(14)23-11-17(20)22/h2-3,6-7,12-13,18H,4-5,8-11H2,1H3,(H,19,21). The van der Waals surface area contributed by atoms with E-state index >= 15 is 0 Å². The van der Waals surface area contributed by atoms with Crippen molar-refractivity contribution < 1.29 is 14.3 Å². The van der Waals surface area contributed by atoms with Gasteiger partial charge >= 0.3 is 0 Å². The van der Waals surface area contributed by atoms with E-state index in [9.17, 15) is 9.59 Å². The maximum Gasteiger partial charge on any atom is 0.265 e. The molecule has 0 radical (unpaired) electrons. The molecule has 0 spiro atoms. The Morgan fingerprint density at radius 3 is 3.09 bits per heavy atom. The first kappa shape index (κ1) is 15.8. The molecule has 1 saturated heterocycles. The molecule has 2 amide bonds. The lowest BCUT2D eigenvalue weighted by molar-refractivity contribution is -0.122. The minimum Gasteiger partial charge on any atom is -0.482 e. The van der Waals surface area contributed by atoms with Gasteiger partial charge in [0.25, 0.3) is 5.91 Å². The molecule has 1 aromatic carbocycles. The van der Waals surface area contributed by atoms with Gasteiger partial charge in [-0.25, -0.2) is 0 Å². The van der Waals surface area contributed by atoms with Crippen LogP contribution in [-0.4, -0.2) is 43.6 Å². The topological polar surface area (TPSA) is 70.7 Å². The molecule has 0 saturated carbocycles. The van der Waals surface area contributed by atoms with E-state index in [1.807, 2.05) is 24.3 Å². The Morgan fingerprint density at radius 1 is 1.43 bits per heavy atom. The minimum atomic E-state index is -0.107. The Morgan fingerprint density at radius 2 is 2.26 bits per heavy atom. The van der Waals surface area contributed by atoms with Crippen molar-refractivity contribution in [2.45, 2.75) is 38.3 Å². The zero-order valence-electron chi connectivity index (χ0n) is 13.4. The Hall–Kier alpha value is -2.08. The molecule has 3 rings (SSSR count). The number of benzene rings is 1. The van der Waals surface area contributed by atoms with Gasteiger partial charge in [0.2, 0.25) is 5.91 Å². The fourth-order valence-corrected chi connectivity index (χ4v) is 3.13. The van der Waals surface area contributed by atoms with Gasteiger partial charge in [-0.05, 0) is 38.4 Å². The van der Waals surface area contributed by atoms with Crippen LogP contribution in [0.25, 0.3) is 0 Å². The summed E-state index contributed by atoms with van der Waals surface area (Å²) in [4.78, 5) is 25.9. The molecule has 23 heavy (non-hydrogen) atoms. The van der Waals surface area contributed by atoms with E-state index in [4.69, 9.17) is 4.74 Å². The minimum absolute atomic E-state index is 0.0117. The molecule has 2 unspecified atom stereocenters. The fourth-order valence-electron chi connectivity index (χ4n) is 3.13. The van der Waals surface area contributed by atoms with Crippen molar-refractivity contribution in [1.82, 2.24) is 10.6 Å². The average Bonchev–Trinajstić information content (AvgIpc) is 2.56. The van der Waals surface area contributed by atoms with Crippen molar-refractivity contribution in [3.05, 3.63) is 24.3 Å². The zero-order valence-corrected chi connectivity index (χ0v) is 13.4. The molecule has 1 fully saturated rings. The molecule has 1 aromatic rings. The molecular formula is C17H23N3O3. The summed E-state index contributed by atoms with van der Waals surface area (Å²) < 4.78 is 5.41. The van der Waals surface area contributed by atoms with Crippen LogP contribution in [0.15, 0.2) is 24.3 Å². The van der Waals surface area contributed by atoms with E-state index in [1.54, 1.807) is 4.90 Å². The van der Waals surface area contributed by atoms with E-state index < -0.39 is 0 Å². The molecule has 6 heteroatoms. The summed E-state index contributed by atoms with van der Waals surface area (Å²) in [7, 11) is 0. The fraction of sp³-hybridized carbons (Fsp3) is 0.529. The molecule has 2 aliphatic heterocycles. The van der Waals surface area contributed by atoms with Gasteiger partial charge in [-0.2, -0.15) is 0 Å². The van der Waals surface area contributed by atoms with Crippen LogP contribution in [0.4, 0.5) is 5.69 Å².